The van der Waals surface area contributed by atoms with E-state index in [2.05, 4.69) is 5.32 Å². The number of rotatable bonds is 7. The Morgan fingerprint density at radius 2 is 1.69 bits per heavy atom. The summed E-state index contributed by atoms with van der Waals surface area (Å²) in [5, 5.41) is 11.7. The summed E-state index contributed by atoms with van der Waals surface area (Å²) in [6.45, 7) is 2.49. The van der Waals surface area contributed by atoms with E-state index in [4.69, 9.17) is 19.3 Å². The second-order valence-electron chi connectivity index (χ2n) is 6.69. The molecule has 0 aromatic heterocycles. The summed E-state index contributed by atoms with van der Waals surface area (Å²) in [6, 6.07) is 7.90. The molecule has 3 rings (SSSR count). The monoisotopic (exact) mass is 363 g/mol. The van der Waals surface area contributed by atoms with Gasteiger partial charge in [0.25, 0.3) is 0 Å². The molecule has 0 aliphatic carbocycles. The van der Waals surface area contributed by atoms with Crippen molar-refractivity contribution in [3.63, 3.8) is 0 Å². The topological polar surface area (TPSA) is 94.1 Å². The molecule has 2 aliphatic rings. The second kappa shape index (κ2) is 9.12. The van der Waals surface area contributed by atoms with Gasteiger partial charge in [-0.15, -0.1) is 0 Å². The van der Waals surface area contributed by atoms with Crippen LogP contribution in [0, 0.1) is 0 Å². The van der Waals surface area contributed by atoms with Crippen LogP contribution in [0.4, 0.5) is 0 Å². The molecular formula is C19H25NO6. The van der Waals surface area contributed by atoms with Gasteiger partial charge < -0.3 is 24.6 Å². The van der Waals surface area contributed by atoms with Gasteiger partial charge in [0, 0.05) is 19.8 Å². The summed E-state index contributed by atoms with van der Waals surface area (Å²) >= 11 is 0. The van der Waals surface area contributed by atoms with Gasteiger partial charge in [0.2, 0.25) is 5.91 Å². The number of benzene rings is 1. The van der Waals surface area contributed by atoms with E-state index in [9.17, 15) is 9.59 Å². The van der Waals surface area contributed by atoms with Crippen LogP contribution < -0.4 is 5.32 Å². The molecule has 142 valence electrons. The molecule has 7 nitrogen and oxygen atoms in total. The van der Waals surface area contributed by atoms with Crippen molar-refractivity contribution >= 4 is 11.9 Å². The SMILES string of the molecule is O=C(NCc1ccc(COC2CCOCC2)cc1)[C@@H]1CC[C@H](C(=O)O)O1. The Bertz CT molecular complexity index is 611. The number of ether oxygens (including phenoxy) is 3. The van der Waals surface area contributed by atoms with Gasteiger partial charge in [0.1, 0.15) is 6.10 Å². The Balaban J connectivity index is 1.40. The fourth-order valence-electron chi connectivity index (χ4n) is 3.12. The van der Waals surface area contributed by atoms with E-state index < -0.39 is 18.2 Å². The summed E-state index contributed by atoms with van der Waals surface area (Å²) in [7, 11) is 0. The molecule has 0 spiro atoms. The lowest BCUT2D eigenvalue weighted by Gasteiger charge is -2.22. The highest BCUT2D eigenvalue weighted by Gasteiger charge is 2.34. The number of hydrogen-bond donors (Lipinski definition) is 2. The van der Waals surface area contributed by atoms with Crippen LogP contribution in [0.5, 0.6) is 0 Å². The van der Waals surface area contributed by atoms with E-state index in [0.717, 1.165) is 37.2 Å². The smallest absolute Gasteiger partial charge is 0.332 e. The van der Waals surface area contributed by atoms with E-state index in [-0.39, 0.29) is 12.0 Å². The molecule has 0 unspecified atom stereocenters. The van der Waals surface area contributed by atoms with Crippen molar-refractivity contribution in [1.29, 1.82) is 0 Å². The van der Waals surface area contributed by atoms with Crippen molar-refractivity contribution in [2.75, 3.05) is 13.2 Å². The number of hydrogen-bond acceptors (Lipinski definition) is 5. The van der Waals surface area contributed by atoms with Gasteiger partial charge in [-0.25, -0.2) is 4.79 Å². The average Bonchev–Trinajstić information content (AvgIpc) is 3.17. The minimum atomic E-state index is -1.01. The van der Waals surface area contributed by atoms with E-state index in [1.807, 2.05) is 24.3 Å². The minimum Gasteiger partial charge on any atom is -0.479 e. The first-order valence-corrected chi connectivity index (χ1v) is 9.05. The quantitative estimate of drug-likeness (QED) is 0.765. The molecule has 2 N–H and O–H groups in total. The molecule has 1 aromatic carbocycles. The predicted molar refractivity (Wildman–Crippen MR) is 92.4 cm³/mol. The van der Waals surface area contributed by atoms with Gasteiger partial charge in [-0.05, 0) is 36.8 Å². The summed E-state index contributed by atoms with van der Waals surface area (Å²) in [4.78, 5) is 22.9. The largest absolute Gasteiger partial charge is 0.479 e. The average molecular weight is 363 g/mol. The molecule has 1 aromatic rings. The first-order valence-electron chi connectivity index (χ1n) is 9.05. The third kappa shape index (κ3) is 5.27. The number of carboxylic acids is 1. The highest BCUT2D eigenvalue weighted by atomic mass is 16.5. The van der Waals surface area contributed by atoms with Gasteiger partial charge in [0.05, 0.1) is 12.7 Å². The molecule has 0 saturated carbocycles. The van der Waals surface area contributed by atoms with Crippen LogP contribution in [0.3, 0.4) is 0 Å². The maximum atomic E-state index is 12.1. The van der Waals surface area contributed by atoms with Crippen LogP contribution in [-0.2, 0) is 37.0 Å². The Hall–Kier alpha value is -1.96. The van der Waals surface area contributed by atoms with Gasteiger partial charge in [-0.2, -0.15) is 0 Å². The van der Waals surface area contributed by atoms with E-state index in [1.54, 1.807) is 0 Å². The Morgan fingerprint density at radius 3 is 2.35 bits per heavy atom. The zero-order chi connectivity index (χ0) is 18.4. The highest BCUT2D eigenvalue weighted by Crippen LogP contribution is 2.20. The van der Waals surface area contributed by atoms with Crippen LogP contribution in [0.25, 0.3) is 0 Å². The number of carbonyl (C=O) groups excluding carboxylic acids is 1. The molecule has 26 heavy (non-hydrogen) atoms. The van der Waals surface area contributed by atoms with E-state index in [0.29, 0.717) is 26.0 Å². The minimum absolute atomic E-state index is 0.263. The summed E-state index contributed by atoms with van der Waals surface area (Å²) in [5.41, 5.74) is 2.07. The van der Waals surface area contributed by atoms with Gasteiger partial charge >= 0.3 is 5.97 Å². The number of amides is 1. The first-order chi connectivity index (χ1) is 12.6. The van der Waals surface area contributed by atoms with Crippen LogP contribution in [0.2, 0.25) is 0 Å². The van der Waals surface area contributed by atoms with Crippen LogP contribution in [0.1, 0.15) is 36.8 Å². The van der Waals surface area contributed by atoms with Crippen LogP contribution >= 0.6 is 0 Å². The van der Waals surface area contributed by atoms with Gasteiger partial charge in [-0.3, -0.25) is 4.79 Å². The highest BCUT2D eigenvalue weighted by molar-refractivity contribution is 5.82. The third-order valence-electron chi connectivity index (χ3n) is 4.73. The Labute approximate surface area is 152 Å². The lowest BCUT2D eigenvalue weighted by molar-refractivity contribution is -0.151. The molecule has 2 aliphatic heterocycles. The van der Waals surface area contributed by atoms with E-state index >= 15 is 0 Å². The maximum Gasteiger partial charge on any atom is 0.332 e. The molecule has 2 saturated heterocycles. The van der Waals surface area contributed by atoms with Crippen LogP contribution in [0.15, 0.2) is 24.3 Å². The van der Waals surface area contributed by atoms with Crippen molar-refractivity contribution in [3.05, 3.63) is 35.4 Å². The summed E-state index contributed by atoms with van der Waals surface area (Å²) < 4.78 is 16.4. The molecule has 7 heteroatoms. The van der Waals surface area contributed by atoms with Gasteiger partial charge in [0.15, 0.2) is 6.10 Å². The second-order valence-corrected chi connectivity index (χ2v) is 6.69. The van der Waals surface area contributed by atoms with E-state index in [1.165, 1.54) is 0 Å². The van der Waals surface area contributed by atoms with Crippen molar-refractivity contribution in [3.8, 4) is 0 Å². The lowest BCUT2D eigenvalue weighted by Crippen LogP contribution is -2.35. The molecular weight excluding hydrogens is 338 g/mol. The molecule has 0 radical (unpaired) electrons. The van der Waals surface area contributed by atoms with Crippen molar-refractivity contribution < 1.29 is 28.9 Å². The third-order valence-corrected chi connectivity index (χ3v) is 4.73. The zero-order valence-electron chi connectivity index (χ0n) is 14.7. The number of carbonyl (C=O) groups is 2. The number of aliphatic carboxylic acids is 1. The maximum absolute atomic E-state index is 12.1. The Morgan fingerprint density at radius 1 is 1.04 bits per heavy atom. The predicted octanol–water partition coefficient (Wildman–Crippen LogP) is 1.63. The summed E-state index contributed by atoms with van der Waals surface area (Å²) in [5.74, 6) is -1.28. The Kier molecular flexibility index (Phi) is 6.60. The fourth-order valence-corrected chi connectivity index (χ4v) is 3.12. The molecule has 0 bridgehead atoms. The van der Waals surface area contributed by atoms with Crippen molar-refractivity contribution in [2.45, 2.75) is 57.1 Å². The van der Waals surface area contributed by atoms with Crippen molar-refractivity contribution in [2.24, 2.45) is 0 Å². The molecule has 2 fully saturated rings. The lowest BCUT2D eigenvalue weighted by atomic mass is 10.1. The zero-order valence-corrected chi connectivity index (χ0v) is 14.7. The van der Waals surface area contributed by atoms with Crippen molar-refractivity contribution in [1.82, 2.24) is 5.32 Å². The molecule has 1 amide bonds. The molecule has 2 heterocycles. The fraction of sp³-hybridized carbons (Fsp3) is 0.579. The molecule has 2 atom stereocenters. The summed E-state index contributed by atoms with van der Waals surface area (Å²) in [6.07, 6.45) is 1.40. The standard InChI is InChI=1S/C19H25NO6/c21-18(16-5-6-17(26-16)19(22)23)20-11-13-1-3-14(4-2-13)12-25-15-7-9-24-10-8-15/h1-4,15-17H,5-12H2,(H,20,21)(H,22,23)/t16-,17+/m0/s1. The first kappa shape index (κ1) is 18.8. The number of carboxylic acid groups (broad SMARTS) is 1. The number of nitrogens with one attached hydrogen (secondary N) is 1. The van der Waals surface area contributed by atoms with Crippen LogP contribution in [-0.4, -0.2) is 48.5 Å². The van der Waals surface area contributed by atoms with Gasteiger partial charge in [-0.1, -0.05) is 24.3 Å². The normalized spacial score (nSPS) is 23.7.